The normalized spacial score (nSPS) is 18.4. The number of hydrogen-bond donors (Lipinski definition) is 1. The first kappa shape index (κ1) is 10.5. The zero-order valence-corrected chi connectivity index (χ0v) is 8.27. The standard InChI is InChI=1S/C10H9FN2O3/c11-7-3-8-6(5-14)1-2-12-10(8)9(4-7)13(15)16/h3-6,12H,1-2H2. The van der Waals surface area contributed by atoms with Crippen LogP contribution >= 0.6 is 0 Å². The van der Waals surface area contributed by atoms with Gasteiger partial charge in [0.05, 0.1) is 11.0 Å². The number of nitrogens with one attached hydrogen (secondary N) is 1. The summed E-state index contributed by atoms with van der Waals surface area (Å²) in [6.45, 7) is 0.475. The van der Waals surface area contributed by atoms with Crippen molar-refractivity contribution in [1.82, 2.24) is 0 Å². The summed E-state index contributed by atoms with van der Waals surface area (Å²) < 4.78 is 13.2. The van der Waals surface area contributed by atoms with E-state index in [4.69, 9.17) is 0 Å². The van der Waals surface area contributed by atoms with Gasteiger partial charge in [-0.25, -0.2) is 4.39 Å². The van der Waals surface area contributed by atoms with E-state index in [0.29, 0.717) is 24.8 Å². The molecule has 16 heavy (non-hydrogen) atoms. The molecule has 1 unspecified atom stereocenters. The molecule has 2 rings (SSSR count). The number of nitro groups is 1. The Hall–Kier alpha value is -1.98. The molecule has 0 spiro atoms. The highest BCUT2D eigenvalue weighted by Gasteiger charge is 2.27. The van der Waals surface area contributed by atoms with Gasteiger partial charge in [0.25, 0.3) is 5.69 Å². The smallest absolute Gasteiger partial charge is 0.295 e. The summed E-state index contributed by atoms with van der Waals surface area (Å²) in [4.78, 5) is 20.9. The Kier molecular flexibility index (Phi) is 2.55. The molecule has 0 bridgehead atoms. The zero-order chi connectivity index (χ0) is 11.7. The van der Waals surface area contributed by atoms with Crippen molar-refractivity contribution >= 4 is 17.7 Å². The van der Waals surface area contributed by atoms with E-state index in [0.717, 1.165) is 6.07 Å². The van der Waals surface area contributed by atoms with Crippen LogP contribution in [0.15, 0.2) is 12.1 Å². The molecule has 0 saturated heterocycles. The highest BCUT2D eigenvalue weighted by atomic mass is 19.1. The Bertz CT molecular complexity index is 462. The van der Waals surface area contributed by atoms with Crippen molar-refractivity contribution in [3.05, 3.63) is 33.6 Å². The second-order valence-electron chi connectivity index (χ2n) is 3.60. The van der Waals surface area contributed by atoms with Crippen molar-refractivity contribution < 1.29 is 14.1 Å². The Morgan fingerprint density at radius 1 is 1.56 bits per heavy atom. The Labute approximate surface area is 90.4 Å². The fraction of sp³-hybridized carbons (Fsp3) is 0.300. The summed E-state index contributed by atoms with van der Waals surface area (Å²) in [5.41, 5.74) is 0.309. The molecular formula is C10H9FN2O3. The third kappa shape index (κ3) is 1.62. The lowest BCUT2D eigenvalue weighted by Crippen LogP contribution is -2.19. The van der Waals surface area contributed by atoms with Crippen LogP contribution in [0.3, 0.4) is 0 Å². The summed E-state index contributed by atoms with van der Waals surface area (Å²) in [5, 5.41) is 13.6. The summed E-state index contributed by atoms with van der Waals surface area (Å²) in [5.74, 6) is -1.16. The first-order valence-corrected chi connectivity index (χ1v) is 4.80. The Morgan fingerprint density at radius 2 is 2.31 bits per heavy atom. The number of halogens is 1. The molecule has 6 heteroatoms. The highest BCUT2D eigenvalue weighted by Crippen LogP contribution is 2.37. The van der Waals surface area contributed by atoms with Gasteiger partial charge >= 0.3 is 0 Å². The van der Waals surface area contributed by atoms with Gasteiger partial charge in [0, 0.05) is 12.5 Å². The molecule has 1 atom stereocenters. The number of anilines is 1. The molecule has 5 nitrogen and oxygen atoms in total. The topological polar surface area (TPSA) is 72.2 Å². The van der Waals surface area contributed by atoms with E-state index in [-0.39, 0.29) is 11.4 Å². The monoisotopic (exact) mass is 224 g/mol. The fourth-order valence-electron chi connectivity index (χ4n) is 1.89. The van der Waals surface area contributed by atoms with Crippen LogP contribution in [0, 0.1) is 15.9 Å². The third-order valence-electron chi connectivity index (χ3n) is 2.63. The minimum Gasteiger partial charge on any atom is -0.379 e. The van der Waals surface area contributed by atoms with Gasteiger partial charge in [-0.1, -0.05) is 0 Å². The Morgan fingerprint density at radius 3 is 2.94 bits per heavy atom. The summed E-state index contributed by atoms with van der Waals surface area (Å²) in [7, 11) is 0. The van der Waals surface area contributed by atoms with E-state index in [2.05, 4.69) is 5.32 Å². The number of nitro benzene ring substituents is 1. The van der Waals surface area contributed by atoms with E-state index < -0.39 is 16.7 Å². The number of benzene rings is 1. The maximum absolute atomic E-state index is 13.2. The van der Waals surface area contributed by atoms with Crippen LogP contribution in [0.4, 0.5) is 15.8 Å². The Balaban J connectivity index is 2.62. The van der Waals surface area contributed by atoms with Gasteiger partial charge in [0.1, 0.15) is 17.8 Å². The maximum atomic E-state index is 13.2. The molecule has 0 amide bonds. The van der Waals surface area contributed by atoms with E-state index >= 15 is 0 Å². The van der Waals surface area contributed by atoms with E-state index in [9.17, 15) is 19.3 Å². The van der Waals surface area contributed by atoms with E-state index in [1.807, 2.05) is 0 Å². The molecule has 1 aliphatic rings. The molecule has 1 heterocycles. The van der Waals surface area contributed by atoms with Crippen molar-refractivity contribution in [2.75, 3.05) is 11.9 Å². The van der Waals surface area contributed by atoms with Crippen molar-refractivity contribution in [2.24, 2.45) is 0 Å². The number of carbonyl (C=O) groups is 1. The molecule has 1 aromatic rings. The number of hydrogen-bond acceptors (Lipinski definition) is 4. The molecule has 1 N–H and O–H groups in total. The first-order chi connectivity index (χ1) is 7.63. The molecule has 0 aromatic heterocycles. The maximum Gasteiger partial charge on any atom is 0.295 e. The van der Waals surface area contributed by atoms with E-state index in [1.54, 1.807) is 0 Å². The number of fused-ring (bicyclic) bond motifs is 1. The quantitative estimate of drug-likeness (QED) is 0.472. The molecule has 1 aliphatic heterocycles. The number of nitrogens with zero attached hydrogens (tertiary/aromatic N) is 1. The third-order valence-corrected chi connectivity index (χ3v) is 2.63. The second-order valence-corrected chi connectivity index (χ2v) is 3.60. The number of rotatable bonds is 2. The molecule has 1 aromatic carbocycles. The van der Waals surface area contributed by atoms with Gasteiger partial charge < -0.3 is 10.1 Å². The van der Waals surface area contributed by atoms with Crippen molar-refractivity contribution in [3.8, 4) is 0 Å². The minimum absolute atomic E-state index is 0.259. The van der Waals surface area contributed by atoms with Crippen LogP contribution < -0.4 is 5.32 Å². The summed E-state index contributed by atoms with van der Waals surface area (Å²) in [6, 6.07) is 2.03. The predicted molar refractivity (Wildman–Crippen MR) is 55.0 cm³/mol. The van der Waals surface area contributed by atoms with Crippen LogP contribution in [0.5, 0.6) is 0 Å². The van der Waals surface area contributed by atoms with Gasteiger partial charge in [-0.2, -0.15) is 0 Å². The van der Waals surface area contributed by atoms with Crippen molar-refractivity contribution in [1.29, 1.82) is 0 Å². The fourth-order valence-corrected chi connectivity index (χ4v) is 1.89. The predicted octanol–water partition coefficient (Wildman–Crippen LogP) is 1.83. The largest absolute Gasteiger partial charge is 0.379 e. The molecule has 0 aliphatic carbocycles. The van der Waals surface area contributed by atoms with Crippen LogP contribution in [0.25, 0.3) is 0 Å². The van der Waals surface area contributed by atoms with Gasteiger partial charge in [-0.05, 0) is 18.1 Å². The highest BCUT2D eigenvalue weighted by molar-refractivity contribution is 5.76. The van der Waals surface area contributed by atoms with Crippen LogP contribution in [-0.2, 0) is 4.79 Å². The average Bonchev–Trinajstić information content (AvgIpc) is 2.27. The first-order valence-electron chi connectivity index (χ1n) is 4.80. The molecule has 84 valence electrons. The number of carbonyl (C=O) groups excluding carboxylic acids is 1. The second kappa shape index (κ2) is 3.88. The SMILES string of the molecule is O=CC1CCNc2c1cc(F)cc2[N+](=O)[O-]. The van der Waals surface area contributed by atoms with Gasteiger partial charge in [-0.15, -0.1) is 0 Å². The lowest BCUT2D eigenvalue weighted by molar-refractivity contribution is -0.384. The van der Waals surface area contributed by atoms with Crippen molar-refractivity contribution in [2.45, 2.75) is 12.3 Å². The van der Waals surface area contributed by atoms with Gasteiger partial charge in [0.15, 0.2) is 0 Å². The molecule has 0 radical (unpaired) electrons. The van der Waals surface area contributed by atoms with Gasteiger partial charge in [0.2, 0.25) is 0 Å². The summed E-state index contributed by atoms with van der Waals surface area (Å²) >= 11 is 0. The van der Waals surface area contributed by atoms with Gasteiger partial charge in [-0.3, -0.25) is 10.1 Å². The minimum atomic E-state index is -0.694. The van der Waals surface area contributed by atoms with Crippen molar-refractivity contribution in [3.63, 3.8) is 0 Å². The molecule has 0 fully saturated rings. The lowest BCUT2D eigenvalue weighted by Gasteiger charge is -2.22. The average molecular weight is 224 g/mol. The number of aldehydes is 1. The van der Waals surface area contributed by atoms with Crippen LogP contribution in [0.1, 0.15) is 17.9 Å². The van der Waals surface area contributed by atoms with Crippen LogP contribution in [-0.4, -0.2) is 17.8 Å². The lowest BCUT2D eigenvalue weighted by atomic mass is 9.91. The zero-order valence-electron chi connectivity index (χ0n) is 8.27. The van der Waals surface area contributed by atoms with Crippen LogP contribution in [0.2, 0.25) is 0 Å². The molecule has 0 saturated carbocycles. The van der Waals surface area contributed by atoms with E-state index in [1.165, 1.54) is 6.07 Å². The molecular weight excluding hydrogens is 215 g/mol. The summed E-state index contributed by atoms with van der Waals surface area (Å²) in [6.07, 6.45) is 1.22.